The topological polar surface area (TPSA) is 179 Å². The van der Waals surface area contributed by atoms with Gasteiger partial charge in [-0.25, -0.2) is 4.79 Å². The average Bonchev–Trinajstić information content (AvgIpc) is 3.17. The van der Waals surface area contributed by atoms with Crippen LogP contribution < -0.4 is 16.4 Å². The Morgan fingerprint density at radius 2 is 1.86 bits per heavy atom. The van der Waals surface area contributed by atoms with E-state index in [4.69, 9.17) is 15.9 Å². The average molecular weight is 414 g/mol. The van der Waals surface area contributed by atoms with Crippen molar-refractivity contribution in [1.29, 1.82) is 0 Å². The third-order valence-electron chi connectivity index (χ3n) is 5.11. The minimum Gasteiger partial charge on any atom is -0.481 e. The quantitative estimate of drug-likeness (QED) is 0.283. The number of hydrogen-bond donors (Lipinski definition) is 5. The number of nitrogens with two attached hydrogens (primary N) is 1. The standard InChI is InChI=1S/C18H30N4O7/c1-3-10(2)15(19)17(27)20-9-13(23)22-8-4-5-12(22)16(26)21-11(18(28)29)6-7-14(24)25/h10-12,15H,3-9,19H2,1-2H3,(H,20,27)(H,21,26)(H,24,25)(H,28,29). The highest BCUT2D eigenvalue weighted by Crippen LogP contribution is 2.18. The van der Waals surface area contributed by atoms with Crippen LogP contribution in [0.15, 0.2) is 0 Å². The molecular formula is C18H30N4O7. The third-order valence-corrected chi connectivity index (χ3v) is 5.11. The van der Waals surface area contributed by atoms with Gasteiger partial charge in [-0.1, -0.05) is 20.3 Å². The lowest BCUT2D eigenvalue weighted by atomic mass is 9.99. The van der Waals surface area contributed by atoms with Gasteiger partial charge in [-0.05, 0) is 25.2 Å². The first-order chi connectivity index (χ1) is 13.6. The summed E-state index contributed by atoms with van der Waals surface area (Å²) >= 11 is 0. The van der Waals surface area contributed by atoms with Gasteiger partial charge in [0.2, 0.25) is 17.7 Å². The minimum atomic E-state index is -1.36. The second-order valence-electron chi connectivity index (χ2n) is 7.21. The van der Waals surface area contributed by atoms with Gasteiger partial charge in [0.1, 0.15) is 12.1 Å². The molecule has 0 spiro atoms. The molecule has 0 radical (unpaired) electrons. The molecule has 1 aliphatic rings. The highest BCUT2D eigenvalue weighted by atomic mass is 16.4. The summed E-state index contributed by atoms with van der Waals surface area (Å²) in [6, 6.07) is -2.96. The SMILES string of the molecule is CCC(C)C(N)C(=O)NCC(=O)N1CCCC1C(=O)NC(CCC(=O)O)C(=O)O. The van der Waals surface area contributed by atoms with Crippen LogP contribution in [0.2, 0.25) is 0 Å². The molecule has 164 valence electrons. The first kappa shape index (κ1) is 24.3. The number of aliphatic carboxylic acids is 2. The van der Waals surface area contributed by atoms with E-state index in [1.165, 1.54) is 4.90 Å². The number of carbonyl (C=O) groups is 5. The second kappa shape index (κ2) is 11.3. The molecule has 11 heteroatoms. The molecule has 0 saturated carbocycles. The summed E-state index contributed by atoms with van der Waals surface area (Å²) in [5.74, 6) is -4.14. The van der Waals surface area contributed by atoms with Crippen molar-refractivity contribution in [2.45, 2.75) is 64.1 Å². The Labute approximate surface area is 169 Å². The molecule has 4 unspecified atom stereocenters. The van der Waals surface area contributed by atoms with Gasteiger partial charge >= 0.3 is 11.9 Å². The summed E-state index contributed by atoms with van der Waals surface area (Å²) in [6.45, 7) is 3.72. The molecule has 0 aromatic rings. The molecule has 1 saturated heterocycles. The number of nitrogens with zero attached hydrogens (tertiary/aromatic N) is 1. The molecule has 1 heterocycles. The van der Waals surface area contributed by atoms with Crippen LogP contribution in [-0.4, -0.2) is 76.0 Å². The van der Waals surface area contributed by atoms with Crippen molar-refractivity contribution in [1.82, 2.24) is 15.5 Å². The zero-order valence-electron chi connectivity index (χ0n) is 16.7. The second-order valence-corrected chi connectivity index (χ2v) is 7.21. The van der Waals surface area contributed by atoms with Crippen LogP contribution in [0.5, 0.6) is 0 Å². The van der Waals surface area contributed by atoms with E-state index < -0.39 is 54.2 Å². The van der Waals surface area contributed by atoms with Crippen LogP contribution in [0.1, 0.15) is 46.0 Å². The molecule has 4 atom stereocenters. The van der Waals surface area contributed by atoms with E-state index >= 15 is 0 Å². The summed E-state index contributed by atoms with van der Waals surface area (Å²) < 4.78 is 0. The van der Waals surface area contributed by atoms with Crippen molar-refractivity contribution >= 4 is 29.7 Å². The summed E-state index contributed by atoms with van der Waals surface area (Å²) in [4.78, 5) is 60.1. The predicted octanol–water partition coefficient (Wildman–Crippen LogP) is -1.10. The van der Waals surface area contributed by atoms with E-state index in [0.29, 0.717) is 25.8 Å². The van der Waals surface area contributed by atoms with E-state index in [1.807, 2.05) is 13.8 Å². The van der Waals surface area contributed by atoms with Crippen LogP contribution in [0.3, 0.4) is 0 Å². The van der Waals surface area contributed by atoms with Crippen LogP contribution in [0.4, 0.5) is 0 Å². The van der Waals surface area contributed by atoms with Gasteiger partial charge in [-0.15, -0.1) is 0 Å². The van der Waals surface area contributed by atoms with Gasteiger partial charge in [-0.2, -0.15) is 0 Å². The van der Waals surface area contributed by atoms with Crippen molar-refractivity contribution in [2.24, 2.45) is 11.7 Å². The highest BCUT2D eigenvalue weighted by molar-refractivity contribution is 5.93. The molecule has 3 amide bonds. The molecule has 1 rings (SSSR count). The molecule has 29 heavy (non-hydrogen) atoms. The summed E-state index contributed by atoms with van der Waals surface area (Å²) in [5.41, 5.74) is 5.82. The monoisotopic (exact) mass is 414 g/mol. The Hall–Kier alpha value is -2.69. The fraction of sp³-hybridized carbons (Fsp3) is 0.722. The number of carboxylic acid groups (broad SMARTS) is 2. The molecule has 6 N–H and O–H groups in total. The molecule has 0 aromatic carbocycles. The number of nitrogens with one attached hydrogen (secondary N) is 2. The van der Waals surface area contributed by atoms with Crippen LogP contribution in [0.25, 0.3) is 0 Å². The largest absolute Gasteiger partial charge is 0.481 e. The van der Waals surface area contributed by atoms with Crippen molar-refractivity contribution in [3.63, 3.8) is 0 Å². The number of amides is 3. The summed E-state index contributed by atoms with van der Waals surface area (Å²) in [6.07, 6.45) is 0.942. The number of carbonyl (C=O) groups excluding carboxylic acids is 3. The molecule has 0 aliphatic carbocycles. The van der Waals surface area contributed by atoms with E-state index in [9.17, 15) is 24.0 Å². The normalized spacial score (nSPS) is 19.1. The van der Waals surface area contributed by atoms with Crippen LogP contribution >= 0.6 is 0 Å². The third kappa shape index (κ3) is 7.33. The Kier molecular flexibility index (Phi) is 9.53. The van der Waals surface area contributed by atoms with Gasteiger partial charge in [-0.3, -0.25) is 19.2 Å². The zero-order valence-corrected chi connectivity index (χ0v) is 16.7. The Morgan fingerprint density at radius 3 is 2.41 bits per heavy atom. The summed E-state index contributed by atoms with van der Waals surface area (Å²) in [7, 11) is 0. The molecule has 1 aliphatic heterocycles. The van der Waals surface area contributed by atoms with Gasteiger partial charge in [0, 0.05) is 13.0 Å². The van der Waals surface area contributed by atoms with Crippen molar-refractivity contribution in [3.05, 3.63) is 0 Å². The van der Waals surface area contributed by atoms with E-state index in [1.54, 1.807) is 0 Å². The van der Waals surface area contributed by atoms with E-state index in [0.717, 1.165) is 0 Å². The van der Waals surface area contributed by atoms with Gasteiger partial charge < -0.3 is 31.5 Å². The number of rotatable bonds is 11. The summed E-state index contributed by atoms with van der Waals surface area (Å²) in [5, 5.41) is 22.6. The first-order valence-corrected chi connectivity index (χ1v) is 9.66. The highest BCUT2D eigenvalue weighted by Gasteiger charge is 2.36. The predicted molar refractivity (Wildman–Crippen MR) is 102 cm³/mol. The zero-order chi connectivity index (χ0) is 22.1. The number of likely N-dealkylation sites (tertiary alicyclic amines) is 1. The van der Waals surface area contributed by atoms with Crippen LogP contribution in [0, 0.1) is 5.92 Å². The van der Waals surface area contributed by atoms with Crippen LogP contribution in [-0.2, 0) is 24.0 Å². The lowest BCUT2D eigenvalue weighted by Crippen LogP contribution is -2.53. The first-order valence-electron chi connectivity index (χ1n) is 9.66. The fourth-order valence-corrected chi connectivity index (χ4v) is 3.03. The van der Waals surface area contributed by atoms with Crippen molar-refractivity contribution in [3.8, 4) is 0 Å². The van der Waals surface area contributed by atoms with E-state index in [2.05, 4.69) is 10.6 Å². The van der Waals surface area contributed by atoms with Gasteiger partial charge in [0.05, 0.1) is 12.6 Å². The number of carboxylic acids is 2. The minimum absolute atomic E-state index is 0.0471. The van der Waals surface area contributed by atoms with Crippen molar-refractivity contribution < 1.29 is 34.2 Å². The van der Waals surface area contributed by atoms with Gasteiger partial charge in [0.15, 0.2) is 0 Å². The lowest BCUT2D eigenvalue weighted by Gasteiger charge is -2.26. The fourth-order valence-electron chi connectivity index (χ4n) is 3.03. The smallest absolute Gasteiger partial charge is 0.326 e. The Morgan fingerprint density at radius 1 is 1.21 bits per heavy atom. The molecule has 1 fully saturated rings. The van der Waals surface area contributed by atoms with Crippen molar-refractivity contribution in [2.75, 3.05) is 13.1 Å². The molecule has 11 nitrogen and oxygen atoms in total. The molecular weight excluding hydrogens is 384 g/mol. The maximum absolute atomic E-state index is 12.5. The Bertz CT molecular complexity index is 640. The molecule has 0 aromatic heterocycles. The van der Waals surface area contributed by atoms with E-state index in [-0.39, 0.29) is 18.9 Å². The lowest BCUT2D eigenvalue weighted by molar-refractivity contribution is -0.144. The van der Waals surface area contributed by atoms with Gasteiger partial charge in [0.25, 0.3) is 0 Å². The maximum atomic E-state index is 12.5. The Balaban J connectivity index is 2.65. The number of hydrogen-bond acceptors (Lipinski definition) is 6. The maximum Gasteiger partial charge on any atom is 0.326 e. The molecule has 0 bridgehead atoms.